The second-order valence-electron chi connectivity index (χ2n) is 3.29. The molecule has 0 radical (unpaired) electrons. The Bertz CT molecular complexity index is 480. The fourth-order valence-electron chi connectivity index (χ4n) is 1.39. The molecule has 0 atom stereocenters. The van der Waals surface area contributed by atoms with Crippen molar-refractivity contribution in [3.8, 4) is 11.3 Å². The molecule has 1 heterocycles. The highest BCUT2D eigenvalue weighted by Gasteiger charge is 2.03. The maximum atomic E-state index is 5.49. The van der Waals surface area contributed by atoms with E-state index >= 15 is 0 Å². The second kappa shape index (κ2) is 3.98. The highest BCUT2D eigenvalue weighted by Crippen LogP contribution is 2.24. The van der Waals surface area contributed by atoms with Gasteiger partial charge in [0.1, 0.15) is 5.82 Å². The van der Waals surface area contributed by atoms with Gasteiger partial charge in [0, 0.05) is 10.0 Å². The van der Waals surface area contributed by atoms with E-state index in [1.807, 2.05) is 25.1 Å². The lowest BCUT2D eigenvalue weighted by molar-refractivity contribution is 1.21. The molecule has 76 valence electrons. The fraction of sp³-hybridized carbons (Fsp3) is 0.0909. The van der Waals surface area contributed by atoms with Crippen molar-refractivity contribution in [2.75, 3.05) is 5.73 Å². The lowest BCUT2D eigenvalue weighted by Gasteiger charge is -2.05. The minimum Gasteiger partial charge on any atom is -0.382 e. The quantitative estimate of drug-likeness (QED) is 0.861. The summed E-state index contributed by atoms with van der Waals surface area (Å²) >= 11 is 3.42. The number of hydrogen-bond donors (Lipinski definition) is 1. The van der Waals surface area contributed by atoms with Crippen molar-refractivity contribution in [3.63, 3.8) is 0 Å². The number of nitrogens with zero attached hydrogens (tertiary/aromatic N) is 2. The molecule has 0 saturated heterocycles. The third kappa shape index (κ3) is 2.15. The lowest BCUT2D eigenvalue weighted by Crippen LogP contribution is -1.93. The molecule has 1 aromatic carbocycles. The van der Waals surface area contributed by atoms with Crippen LogP contribution in [-0.4, -0.2) is 9.97 Å². The molecule has 0 aliphatic rings. The van der Waals surface area contributed by atoms with Crippen LogP contribution in [0.15, 0.2) is 35.1 Å². The third-order valence-corrected chi connectivity index (χ3v) is 2.63. The van der Waals surface area contributed by atoms with Crippen LogP contribution in [0.3, 0.4) is 0 Å². The minimum atomic E-state index is 0.438. The first kappa shape index (κ1) is 10.1. The number of nitrogens with two attached hydrogens (primary N) is 1. The molecule has 2 aromatic rings. The number of rotatable bonds is 1. The molecule has 1 aromatic heterocycles. The van der Waals surface area contributed by atoms with Gasteiger partial charge in [0.05, 0.1) is 18.1 Å². The van der Waals surface area contributed by atoms with Crippen LogP contribution in [0.25, 0.3) is 11.3 Å². The van der Waals surface area contributed by atoms with E-state index in [0.29, 0.717) is 5.82 Å². The van der Waals surface area contributed by atoms with E-state index in [1.54, 1.807) is 12.4 Å². The highest BCUT2D eigenvalue weighted by molar-refractivity contribution is 9.10. The van der Waals surface area contributed by atoms with Gasteiger partial charge in [-0.3, -0.25) is 4.98 Å². The van der Waals surface area contributed by atoms with Crippen molar-refractivity contribution in [3.05, 3.63) is 40.6 Å². The van der Waals surface area contributed by atoms with E-state index in [9.17, 15) is 0 Å². The van der Waals surface area contributed by atoms with Crippen LogP contribution in [-0.2, 0) is 0 Å². The summed E-state index contributed by atoms with van der Waals surface area (Å²) in [7, 11) is 0. The normalized spacial score (nSPS) is 10.3. The molecular formula is C11H10BrN3. The molecule has 0 aliphatic carbocycles. The molecule has 2 rings (SSSR count). The van der Waals surface area contributed by atoms with E-state index < -0.39 is 0 Å². The lowest BCUT2D eigenvalue weighted by atomic mass is 10.1. The van der Waals surface area contributed by atoms with Crippen molar-refractivity contribution in [1.29, 1.82) is 0 Å². The van der Waals surface area contributed by atoms with Crippen molar-refractivity contribution in [2.45, 2.75) is 6.92 Å². The predicted molar refractivity (Wildman–Crippen MR) is 64.3 cm³/mol. The Morgan fingerprint density at radius 1 is 1.20 bits per heavy atom. The first-order valence-electron chi connectivity index (χ1n) is 4.51. The van der Waals surface area contributed by atoms with Gasteiger partial charge in [0.2, 0.25) is 0 Å². The number of nitrogen functional groups attached to an aromatic ring is 1. The Morgan fingerprint density at radius 3 is 2.60 bits per heavy atom. The van der Waals surface area contributed by atoms with E-state index in [2.05, 4.69) is 25.9 Å². The Morgan fingerprint density at radius 2 is 2.00 bits per heavy atom. The molecule has 0 aliphatic heterocycles. The zero-order chi connectivity index (χ0) is 10.8. The fourth-order valence-corrected chi connectivity index (χ4v) is 1.87. The second-order valence-corrected chi connectivity index (χ2v) is 4.20. The number of hydrogen-bond acceptors (Lipinski definition) is 3. The number of aryl methyl sites for hydroxylation is 1. The van der Waals surface area contributed by atoms with Crippen LogP contribution >= 0.6 is 15.9 Å². The Labute approximate surface area is 96.5 Å². The van der Waals surface area contributed by atoms with Crippen LogP contribution in [0.4, 0.5) is 5.82 Å². The van der Waals surface area contributed by atoms with Crippen molar-refractivity contribution in [1.82, 2.24) is 9.97 Å². The van der Waals surface area contributed by atoms with Crippen molar-refractivity contribution < 1.29 is 0 Å². The van der Waals surface area contributed by atoms with Crippen LogP contribution in [0.2, 0.25) is 0 Å². The summed E-state index contributed by atoms with van der Waals surface area (Å²) in [5.74, 6) is 0.438. The Balaban J connectivity index is 2.49. The van der Waals surface area contributed by atoms with Crippen LogP contribution in [0.1, 0.15) is 5.56 Å². The molecule has 0 fully saturated rings. The average Bonchev–Trinajstić information content (AvgIpc) is 2.20. The predicted octanol–water partition coefficient (Wildman–Crippen LogP) is 2.80. The highest BCUT2D eigenvalue weighted by atomic mass is 79.9. The van der Waals surface area contributed by atoms with Gasteiger partial charge < -0.3 is 5.73 Å². The largest absolute Gasteiger partial charge is 0.382 e. The van der Waals surface area contributed by atoms with Crippen LogP contribution < -0.4 is 5.73 Å². The standard InChI is InChI=1S/C11H10BrN3/c1-7-4-8(12)2-3-9(7)10-5-15-11(13)6-14-10/h2-6H,1H3,(H2,13,15). The summed E-state index contributed by atoms with van der Waals surface area (Å²) in [6.07, 6.45) is 3.25. The Hall–Kier alpha value is -1.42. The van der Waals surface area contributed by atoms with Crippen molar-refractivity contribution >= 4 is 21.7 Å². The molecule has 3 nitrogen and oxygen atoms in total. The molecular weight excluding hydrogens is 254 g/mol. The van der Waals surface area contributed by atoms with Crippen molar-refractivity contribution in [2.24, 2.45) is 0 Å². The number of benzene rings is 1. The number of halogens is 1. The van der Waals surface area contributed by atoms with Gasteiger partial charge >= 0.3 is 0 Å². The number of aromatic nitrogens is 2. The van der Waals surface area contributed by atoms with E-state index in [0.717, 1.165) is 21.3 Å². The summed E-state index contributed by atoms with van der Waals surface area (Å²) in [4.78, 5) is 8.26. The van der Waals surface area contributed by atoms with Crippen LogP contribution in [0.5, 0.6) is 0 Å². The van der Waals surface area contributed by atoms with Gasteiger partial charge in [0.25, 0.3) is 0 Å². The molecule has 0 amide bonds. The first-order valence-corrected chi connectivity index (χ1v) is 5.30. The first-order chi connectivity index (χ1) is 7.16. The molecule has 15 heavy (non-hydrogen) atoms. The van der Waals surface area contributed by atoms with Gasteiger partial charge in [0.15, 0.2) is 0 Å². The zero-order valence-corrected chi connectivity index (χ0v) is 9.82. The summed E-state index contributed by atoms with van der Waals surface area (Å²) in [6, 6.07) is 6.05. The third-order valence-electron chi connectivity index (χ3n) is 2.14. The summed E-state index contributed by atoms with van der Waals surface area (Å²) < 4.78 is 1.06. The van der Waals surface area contributed by atoms with E-state index in [4.69, 9.17) is 5.73 Å². The van der Waals surface area contributed by atoms with Gasteiger partial charge in [-0.15, -0.1) is 0 Å². The SMILES string of the molecule is Cc1cc(Br)ccc1-c1cnc(N)cn1. The minimum absolute atomic E-state index is 0.438. The molecule has 2 N–H and O–H groups in total. The number of anilines is 1. The summed E-state index contributed by atoms with van der Waals surface area (Å²) in [5.41, 5.74) is 8.56. The van der Waals surface area contributed by atoms with Crippen LogP contribution in [0, 0.1) is 6.92 Å². The Kier molecular flexibility index (Phi) is 2.68. The molecule has 0 spiro atoms. The zero-order valence-electron chi connectivity index (χ0n) is 8.24. The maximum Gasteiger partial charge on any atom is 0.141 e. The molecule has 0 unspecified atom stereocenters. The van der Waals surface area contributed by atoms with Gasteiger partial charge in [-0.25, -0.2) is 4.98 Å². The smallest absolute Gasteiger partial charge is 0.141 e. The summed E-state index contributed by atoms with van der Waals surface area (Å²) in [5, 5.41) is 0. The van der Waals surface area contributed by atoms with E-state index in [1.165, 1.54) is 0 Å². The van der Waals surface area contributed by atoms with E-state index in [-0.39, 0.29) is 0 Å². The topological polar surface area (TPSA) is 51.8 Å². The molecule has 0 saturated carbocycles. The van der Waals surface area contributed by atoms with Gasteiger partial charge in [-0.2, -0.15) is 0 Å². The summed E-state index contributed by atoms with van der Waals surface area (Å²) in [6.45, 7) is 2.04. The monoisotopic (exact) mass is 263 g/mol. The molecule has 0 bridgehead atoms. The van der Waals surface area contributed by atoms with Gasteiger partial charge in [-0.1, -0.05) is 22.0 Å². The molecule has 4 heteroatoms. The van der Waals surface area contributed by atoms with Gasteiger partial charge in [-0.05, 0) is 24.6 Å². The maximum absolute atomic E-state index is 5.49. The average molecular weight is 264 g/mol.